The van der Waals surface area contributed by atoms with Crippen LogP contribution in [0.3, 0.4) is 0 Å². The maximum absolute atomic E-state index is 12.9. The molecule has 4 amide bonds. The third kappa shape index (κ3) is 52.6. The number of aliphatic hydroxyl groups is 1. The Hall–Kier alpha value is -1.74. The maximum atomic E-state index is 12.9. The van der Waals surface area contributed by atoms with Crippen molar-refractivity contribution in [1.29, 1.82) is 0 Å². The highest BCUT2D eigenvalue weighted by atomic mass is 32.7. The van der Waals surface area contributed by atoms with Gasteiger partial charge in [-0.2, -0.15) is 0 Å². The van der Waals surface area contributed by atoms with Gasteiger partial charge in [0.15, 0.2) is 0 Å². The Balaban J connectivity index is -0.000000649. The van der Waals surface area contributed by atoms with E-state index in [1.54, 1.807) is 20.8 Å². The van der Waals surface area contributed by atoms with E-state index < -0.39 is 31.2 Å². The lowest BCUT2D eigenvalue weighted by molar-refractivity contribution is -0.142. The Morgan fingerprint density at radius 3 is 1.71 bits per heavy atom. The molecule has 25 heteroatoms. The number of ether oxygens (including phenoxy) is 4. The number of rotatable bonds is 38. The van der Waals surface area contributed by atoms with Gasteiger partial charge in [-0.1, -0.05) is 12.8 Å². The lowest BCUT2D eigenvalue weighted by Gasteiger charge is -2.27. The number of thiol groups is 3. The molecule has 0 saturated heterocycles. The van der Waals surface area contributed by atoms with Gasteiger partial charge in [-0.3, -0.25) is 24.2 Å². The average molecular weight is 972 g/mol. The molecular weight excluding hydrogens is 894 g/mol. The number of aliphatic hydroxyl groups excluding tert-OH is 1. The number of aldehydes is 2. The SMILES string of the molecule is CNC(CCC(=O)N(N)C(CCC(=O)NCCOCCO)C(=O)NCCOCCOS)C(=O)NCCOCCOS.CNCCCCCCOC.CP(O)S.O=CCCCC=O. The van der Waals surface area contributed by atoms with Crippen molar-refractivity contribution in [2.24, 2.45) is 5.84 Å². The molecule has 21 nitrogen and oxygen atoms in total. The van der Waals surface area contributed by atoms with Gasteiger partial charge in [-0.05, 0) is 85.2 Å². The van der Waals surface area contributed by atoms with E-state index in [0.29, 0.717) is 32.5 Å². The van der Waals surface area contributed by atoms with Crippen molar-refractivity contribution in [3.63, 3.8) is 0 Å². The predicted octanol–water partition coefficient (Wildman–Crippen LogP) is 0.137. The van der Waals surface area contributed by atoms with Crippen molar-refractivity contribution >= 4 is 81.6 Å². The van der Waals surface area contributed by atoms with Gasteiger partial charge in [-0.25, -0.2) is 5.84 Å². The Bertz CT molecular complexity index is 1040. The second-order valence-corrected chi connectivity index (χ2v) is 15.9. The zero-order valence-electron chi connectivity index (χ0n) is 37.1. The van der Waals surface area contributed by atoms with E-state index in [-0.39, 0.29) is 103 Å². The molecule has 0 aromatic carbocycles. The number of hydrogen-bond acceptors (Lipinski definition) is 20. The molecule has 9 N–H and O–H groups in total. The number of unbranched alkanes of at least 4 members (excludes halogenated alkanes) is 5. The van der Waals surface area contributed by atoms with Crippen LogP contribution in [0, 0.1) is 0 Å². The van der Waals surface area contributed by atoms with Gasteiger partial charge in [0.2, 0.25) is 23.6 Å². The third-order valence-electron chi connectivity index (χ3n) is 7.59. The van der Waals surface area contributed by atoms with Crippen molar-refractivity contribution in [2.45, 2.75) is 82.7 Å². The number of carbonyl (C=O) groups excluding carboxylic acids is 6. The summed E-state index contributed by atoms with van der Waals surface area (Å²) in [6.07, 6.45) is 8.36. The van der Waals surface area contributed by atoms with Crippen LogP contribution in [-0.4, -0.2) is 183 Å². The summed E-state index contributed by atoms with van der Waals surface area (Å²) in [4.78, 5) is 77.6. The normalized spacial score (nSPS) is 11.8. The summed E-state index contributed by atoms with van der Waals surface area (Å²) in [6.45, 7) is 6.28. The third-order valence-corrected chi connectivity index (χ3v) is 7.95. The first-order chi connectivity index (χ1) is 29.9. The summed E-state index contributed by atoms with van der Waals surface area (Å²) in [5, 5.41) is 23.5. The second-order valence-electron chi connectivity index (χ2n) is 12.7. The van der Waals surface area contributed by atoms with Crippen LogP contribution in [0.5, 0.6) is 0 Å². The number of nitrogens with zero attached hydrogens (tertiary/aromatic N) is 1. The van der Waals surface area contributed by atoms with E-state index in [1.807, 2.05) is 7.05 Å². The first kappa shape index (κ1) is 66.9. The van der Waals surface area contributed by atoms with Gasteiger partial charge < -0.3 is 73.5 Å². The minimum atomic E-state index is -1.14. The van der Waals surface area contributed by atoms with Gasteiger partial charge in [-0.15, -0.1) is 12.2 Å². The van der Waals surface area contributed by atoms with Gasteiger partial charge in [0, 0.05) is 59.0 Å². The second kappa shape index (κ2) is 55.4. The summed E-state index contributed by atoms with van der Waals surface area (Å²) in [5.74, 6) is 4.24. The lowest BCUT2D eigenvalue weighted by Crippen LogP contribution is -2.54. The van der Waals surface area contributed by atoms with Crippen molar-refractivity contribution in [3.05, 3.63) is 0 Å². The van der Waals surface area contributed by atoms with Crippen LogP contribution in [0.1, 0.15) is 70.6 Å². The Morgan fingerprint density at radius 1 is 0.710 bits per heavy atom. The van der Waals surface area contributed by atoms with Crippen LogP contribution < -0.4 is 32.4 Å². The van der Waals surface area contributed by atoms with E-state index in [2.05, 4.69) is 73.0 Å². The van der Waals surface area contributed by atoms with Crippen molar-refractivity contribution < 1.29 is 66.1 Å². The molecule has 0 aromatic rings. The van der Waals surface area contributed by atoms with Crippen molar-refractivity contribution in [3.8, 4) is 0 Å². The summed E-state index contributed by atoms with van der Waals surface area (Å²) >= 11 is 10.8. The maximum Gasteiger partial charge on any atom is 0.244 e. The fraction of sp³-hybridized carbons (Fsp3) is 0.838. The first-order valence-electron chi connectivity index (χ1n) is 20.4. The van der Waals surface area contributed by atoms with E-state index in [0.717, 1.165) is 30.7 Å². The Kier molecular flexibility index (Phi) is 59.7. The van der Waals surface area contributed by atoms with E-state index in [1.165, 1.54) is 25.7 Å². The van der Waals surface area contributed by atoms with Crippen LogP contribution in [0.2, 0.25) is 0 Å². The molecule has 62 heavy (non-hydrogen) atoms. The molecule has 0 radical (unpaired) electrons. The molecule has 0 aromatic heterocycles. The summed E-state index contributed by atoms with van der Waals surface area (Å²) in [6, 6.07) is -1.82. The molecule has 368 valence electrons. The van der Waals surface area contributed by atoms with Crippen LogP contribution in [0.4, 0.5) is 0 Å². The number of carbonyl (C=O) groups is 6. The molecule has 0 bridgehead atoms. The molecule has 0 aliphatic rings. The highest BCUT2D eigenvalue weighted by Gasteiger charge is 2.29. The zero-order valence-corrected chi connectivity index (χ0v) is 40.7. The molecule has 3 unspecified atom stereocenters. The van der Waals surface area contributed by atoms with Gasteiger partial charge in [0.05, 0.1) is 72.9 Å². The number of likely N-dealkylation sites (N-methyl/N-ethyl adjacent to an activating group) is 1. The number of nitrogens with two attached hydrogens (primary N) is 1. The largest absolute Gasteiger partial charge is 0.394 e. The molecule has 0 fully saturated rings. The number of hydrogen-bond donors (Lipinski definition) is 11. The zero-order chi connectivity index (χ0) is 47.5. The average Bonchev–Trinajstić information content (AvgIpc) is 3.25. The molecule has 0 aliphatic heterocycles. The Morgan fingerprint density at radius 2 is 1.23 bits per heavy atom. The van der Waals surface area contributed by atoms with Crippen LogP contribution in [0.25, 0.3) is 0 Å². The molecule has 0 saturated carbocycles. The molecule has 0 rings (SSSR count). The van der Waals surface area contributed by atoms with E-state index >= 15 is 0 Å². The lowest BCUT2D eigenvalue weighted by atomic mass is 10.1. The van der Waals surface area contributed by atoms with Gasteiger partial charge >= 0.3 is 0 Å². The van der Waals surface area contributed by atoms with Crippen molar-refractivity contribution in [2.75, 3.05) is 120 Å². The Labute approximate surface area is 386 Å². The summed E-state index contributed by atoms with van der Waals surface area (Å²) in [5.41, 5.74) is 0. The van der Waals surface area contributed by atoms with Crippen molar-refractivity contribution in [1.82, 2.24) is 31.6 Å². The van der Waals surface area contributed by atoms with Crippen LogP contribution >= 0.6 is 45.4 Å². The highest BCUT2D eigenvalue weighted by Crippen LogP contribution is 2.27. The van der Waals surface area contributed by atoms with Gasteiger partial charge in [0.25, 0.3) is 0 Å². The van der Waals surface area contributed by atoms with E-state index in [4.69, 9.17) is 34.8 Å². The number of hydrazine groups is 1. The van der Waals surface area contributed by atoms with Crippen LogP contribution in [-0.2, 0) is 56.1 Å². The van der Waals surface area contributed by atoms with E-state index in [9.17, 15) is 28.8 Å². The monoisotopic (exact) mass is 971 g/mol. The highest BCUT2D eigenvalue weighted by molar-refractivity contribution is 8.43. The molecule has 3 atom stereocenters. The first-order valence-corrected chi connectivity index (χ1v) is 24.1. The molecule has 0 spiro atoms. The van der Waals surface area contributed by atoms with Gasteiger partial charge in [0.1, 0.15) is 18.6 Å². The minimum absolute atomic E-state index is 0.0417. The smallest absolute Gasteiger partial charge is 0.244 e. The number of methoxy groups -OCH3 is 1. The van der Waals surface area contributed by atoms with Crippen LogP contribution in [0.15, 0.2) is 0 Å². The number of amides is 4. The fourth-order valence-corrected chi connectivity index (χ4v) is 4.62. The quantitative estimate of drug-likeness (QED) is 0.00574. The molecular formula is C37H78N7O14PS3. The molecule has 0 aliphatic carbocycles. The molecule has 0 heterocycles. The topological polar surface area (TPSA) is 288 Å². The summed E-state index contributed by atoms with van der Waals surface area (Å²) in [7, 11) is 4.41. The fourth-order valence-electron chi connectivity index (χ4n) is 4.48. The summed E-state index contributed by atoms with van der Waals surface area (Å²) < 4.78 is 29.7. The standard InChI is InChI=1S/C23H46N6O10S2.C8H19NO.C5H8O2.CH5OPS/c1-25-18(22(33)27-7-11-36-14-16-38-40)2-5-21(32)29(24)19(23(34)28-8-12-37-15-17-39-41)3-4-20(31)26-6-10-35-13-9-30;1-9-7-5-3-4-6-8-10-2;6-4-2-1-3-5-7;1-3(2)4/h18-19,25,30,40-41H,2-17,24H2,1H3,(H,26,31)(H,27,33)(H,28,34);9H,3-8H2,1-2H3;4-5H,1-3H2;2,4H,1H3. The predicted molar refractivity (Wildman–Crippen MR) is 249 cm³/mol. The minimum Gasteiger partial charge on any atom is -0.394 e. The number of nitrogens with one attached hydrogen (secondary N) is 5.